The fourth-order valence-electron chi connectivity index (χ4n) is 2.74. The lowest BCUT2D eigenvalue weighted by atomic mass is 10.2. The van der Waals surface area contributed by atoms with Crippen LogP contribution in [-0.4, -0.2) is 51.5 Å². The predicted molar refractivity (Wildman–Crippen MR) is 90.0 cm³/mol. The summed E-state index contributed by atoms with van der Waals surface area (Å²) in [7, 11) is 1.59. The van der Waals surface area contributed by atoms with Crippen molar-refractivity contribution in [3.8, 4) is 6.01 Å². The number of aliphatic hydroxyl groups is 1. The maximum Gasteiger partial charge on any atom is 0.300 e. The van der Waals surface area contributed by atoms with E-state index in [-0.39, 0.29) is 12.8 Å². The molecular formula is C16H23N5O3. The minimum Gasteiger partial charge on any atom is -0.468 e. The molecule has 130 valence electrons. The number of imidazole rings is 1. The average molecular weight is 333 g/mol. The van der Waals surface area contributed by atoms with Crippen molar-refractivity contribution >= 4 is 17.0 Å². The third kappa shape index (κ3) is 3.34. The molecule has 0 aliphatic carbocycles. The topological polar surface area (TPSA) is 94.3 Å². The standard InChI is InChI=1S/C16H23N5O3/c1-11(9-22)6-7-17-14-13-15(19-10-18-14)21(16(20-13)23-2)12-5-3-4-8-24-12/h6,10,12,22H,3-5,7-9H2,1-2H3,(H,17,18,19). The Morgan fingerprint density at radius 2 is 2.38 bits per heavy atom. The number of rotatable bonds is 6. The zero-order valence-corrected chi connectivity index (χ0v) is 14.0. The maximum atomic E-state index is 9.05. The highest BCUT2D eigenvalue weighted by molar-refractivity contribution is 5.84. The lowest BCUT2D eigenvalue weighted by molar-refractivity contribution is -0.0334. The number of aliphatic hydroxyl groups excluding tert-OH is 1. The molecule has 1 aliphatic rings. The first kappa shape index (κ1) is 16.7. The normalized spacial score (nSPS) is 18.8. The number of nitrogens with zero attached hydrogens (tertiary/aromatic N) is 4. The second kappa shape index (κ2) is 7.59. The summed E-state index contributed by atoms with van der Waals surface area (Å²) in [6.45, 7) is 3.19. The molecule has 2 aromatic rings. The van der Waals surface area contributed by atoms with Crippen LogP contribution in [0.5, 0.6) is 6.01 Å². The number of ether oxygens (including phenoxy) is 2. The van der Waals surface area contributed by atoms with Crippen LogP contribution in [0.2, 0.25) is 0 Å². The fraction of sp³-hybridized carbons (Fsp3) is 0.562. The van der Waals surface area contributed by atoms with Gasteiger partial charge in [-0.1, -0.05) is 11.6 Å². The summed E-state index contributed by atoms with van der Waals surface area (Å²) in [5, 5.41) is 12.3. The van der Waals surface area contributed by atoms with E-state index in [1.165, 1.54) is 6.33 Å². The van der Waals surface area contributed by atoms with Gasteiger partial charge in [0.2, 0.25) is 0 Å². The Morgan fingerprint density at radius 3 is 3.08 bits per heavy atom. The molecular weight excluding hydrogens is 310 g/mol. The lowest BCUT2D eigenvalue weighted by Crippen LogP contribution is -2.19. The van der Waals surface area contributed by atoms with Crippen LogP contribution in [0.4, 0.5) is 5.82 Å². The van der Waals surface area contributed by atoms with E-state index < -0.39 is 0 Å². The van der Waals surface area contributed by atoms with E-state index in [2.05, 4.69) is 20.3 Å². The number of anilines is 1. The monoisotopic (exact) mass is 333 g/mol. The molecule has 3 heterocycles. The van der Waals surface area contributed by atoms with E-state index in [1.54, 1.807) is 7.11 Å². The third-order valence-corrected chi connectivity index (χ3v) is 4.04. The smallest absolute Gasteiger partial charge is 0.300 e. The van der Waals surface area contributed by atoms with E-state index in [0.29, 0.717) is 29.5 Å². The first-order valence-electron chi connectivity index (χ1n) is 8.13. The van der Waals surface area contributed by atoms with Gasteiger partial charge in [-0.25, -0.2) is 9.97 Å². The third-order valence-electron chi connectivity index (χ3n) is 4.04. The van der Waals surface area contributed by atoms with E-state index in [1.807, 2.05) is 17.6 Å². The summed E-state index contributed by atoms with van der Waals surface area (Å²) in [6.07, 6.45) is 6.39. The first-order chi connectivity index (χ1) is 11.7. The van der Waals surface area contributed by atoms with Crippen LogP contribution in [-0.2, 0) is 4.74 Å². The quantitative estimate of drug-likeness (QED) is 0.779. The Hall–Kier alpha value is -2.19. The van der Waals surface area contributed by atoms with Crippen molar-refractivity contribution < 1.29 is 14.6 Å². The Bertz CT molecular complexity index is 722. The molecule has 1 unspecified atom stereocenters. The van der Waals surface area contributed by atoms with Crippen molar-refractivity contribution in [2.24, 2.45) is 0 Å². The zero-order valence-electron chi connectivity index (χ0n) is 14.0. The molecule has 0 radical (unpaired) electrons. The number of fused-ring (bicyclic) bond motifs is 1. The molecule has 0 bridgehead atoms. The second-order valence-electron chi connectivity index (χ2n) is 5.77. The minimum atomic E-state index is -0.113. The van der Waals surface area contributed by atoms with Crippen LogP contribution < -0.4 is 10.1 Å². The highest BCUT2D eigenvalue weighted by atomic mass is 16.5. The molecule has 0 spiro atoms. The van der Waals surface area contributed by atoms with Gasteiger partial charge in [-0.3, -0.25) is 4.57 Å². The first-order valence-corrected chi connectivity index (χ1v) is 8.13. The Kier molecular flexibility index (Phi) is 5.27. The number of hydrogen-bond acceptors (Lipinski definition) is 7. The van der Waals surface area contributed by atoms with Crippen molar-refractivity contribution in [1.29, 1.82) is 0 Å². The van der Waals surface area contributed by atoms with Crippen molar-refractivity contribution in [3.63, 3.8) is 0 Å². The maximum absolute atomic E-state index is 9.05. The number of aromatic nitrogens is 4. The minimum absolute atomic E-state index is 0.0440. The number of methoxy groups -OCH3 is 1. The summed E-state index contributed by atoms with van der Waals surface area (Å²) in [6, 6.07) is 0.475. The average Bonchev–Trinajstić information content (AvgIpc) is 3.01. The summed E-state index contributed by atoms with van der Waals surface area (Å²) >= 11 is 0. The van der Waals surface area contributed by atoms with Crippen LogP contribution in [0.15, 0.2) is 18.0 Å². The predicted octanol–water partition coefficient (Wildman–Crippen LogP) is 1.88. The van der Waals surface area contributed by atoms with E-state index in [0.717, 1.165) is 31.4 Å². The van der Waals surface area contributed by atoms with Crippen LogP contribution in [0.1, 0.15) is 32.4 Å². The molecule has 24 heavy (non-hydrogen) atoms. The highest BCUT2D eigenvalue weighted by Gasteiger charge is 2.25. The van der Waals surface area contributed by atoms with Gasteiger partial charge in [0, 0.05) is 13.2 Å². The van der Waals surface area contributed by atoms with E-state index in [4.69, 9.17) is 14.6 Å². The Balaban J connectivity index is 1.93. The molecule has 1 atom stereocenters. The van der Waals surface area contributed by atoms with Gasteiger partial charge in [0.15, 0.2) is 17.0 Å². The second-order valence-corrected chi connectivity index (χ2v) is 5.77. The summed E-state index contributed by atoms with van der Waals surface area (Å²) in [4.78, 5) is 13.2. The molecule has 1 fully saturated rings. The van der Waals surface area contributed by atoms with E-state index in [9.17, 15) is 0 Å². The number of nitrogens with one attached hydrogen (secondary N) is 1. The lowest BCUT2D eigenvalue weighted by Gasteiger charge is -2.24. The van der Waals surface area contributed by atoms with Gasteiger partial charge < -0.3 is 19.9 Å². The van der Waals surface area contributed by atoms with Crippen molar-refractivity contribution in [3.05, 3.63) is 18.0 Å². The van der Waals surface area contributed by atoms with Crippen LogP contribution in [0.3, 0.4) is 0 Å². The highest BCUT2D eigenvalue weighted by Crippen LogP contribution is 2.32. The molecule has 0 aromatic carbocycles. The van der Waals surface area contributed by atoms with Gasteiger partial charge >= 0.3 is 6.01 Å². The molecule has 0 amide bonds. The van der Waals surface area contributed by atoms with Gasteiger partial charge in [-0.05, 0) is 26.2 Å². The number of hydrogen-bond donors (Lipinski definition) is 2. The van der Waals surface area contributed by atoms with Gasteiger partial charge in [0.05, 0.1) is 13.7 Å². The van der Waals surface area contributed by atoms with Crippen LogP contribution in [0.25, 0.3) is 11.2 Å². The van der Waals surface area contributed by atoms with Gasteiger partial charge in [-0.15, -0.1) is 0 Å². The molecule has 2 N–H and O–H groups in total. The summed E-state index contributed by atoms with van der Waals surface area (Å²) < 4.78 is 13.2. The fourth-order valence-corrected chi connectivity index (χ4v) is 2.74. The van der Waals surface area contributed by atoms with Crippen molar-refractivity contribution in [1.82, 2.24) is 19.5 Å². The van der Waals surface area contributed by atoms with Gasteiger partial charge in [-0.2, -0.15) is 4.98 Å². The molecule has 0 saturated carbocycles. The Morgan fingerprint density at radius 1 is 1.50 bits per heavy atom. The van der Waals surface area contributed by atoms with Crippen molar-refractivity contribution in [2.45, 2.75) is 32.4 Å². The summed E-state index contributed by atoms with van der Waals surface area (Å²) in [5.41, 5.74) is 2.24. The summed E-state index contributed by atoms with van der Waals surface area (Å²) in [5.74, 6) is 0.634. The Labute approximate surface area is 140 Å². The van der Waals surface area contributed by atoms with Gasteiger partial charge in [0.25, 0.3) is 0 Å². The molecule has 1 saturated heterocycles. The molecule has 1 aliphatic heterocycles. The molecule has 8 nitrogen and oxygen atoms in total. The van der Waals surface area contributed by atoms with Crippen LogP contribution in [0, 0.1) is 0 Å². The SMILES string of the molecule is COc1nc2c(NCC=C(C)CO)ncnc2n1C1CCCCO1. The van der Waals surface area contributed by atoms with Crippen LogP contribution >= 0.6 is 0 Å². The van der Waals surface area contributed by atoms with Gasteiger partial charge in [0.1, 0.15) is 12.6 Å². The molecule has 2 aromatic heterocycles. The zero-order chi connectivity index (χ0) is 16.9. The molecule has 3 rings (SSSR count). The van der Waals surface area contributed by atoms with Crippen molar-refractivity contribution in [2.75, 3.05) is 32.2 Å². The largest absolute Gasteiger partial charge is 0.468 e. The molecule has 8 heteroatoms. The van der Waals surface area contributed by atoms with E-state index >= 15 is 0 Å².